The van der Waals surface area contributed by atoms with Gasteiger partial charge in [0.1, 0.15) is 0 Å². The molecule has 0 aliphatic rings. The molecular weight excluding hydrogens is 295 g/mol. The predicted octanol–water partition coefficient (Wildman–Crippen LogP) is 3.90. The van der Waals surface area contributed by atoms with Gasteiger partial charge < -0.3 is 9.84 Å². The van der Waals surface area contributed by atoms with Crippen molar-refractivity contribution in [3.05, 3.63) is 64.4 Å². The van der Waals surface area contributed by atoms with Crippen LogP contribution in [0.5, 0.6) is 5.75 Å². The molecule has 1 unspecified atom stereocenters. The van der Waals surface area contributed by atoms with Crippen molar-refractivity contribution in [1.29, 1.82) is 0 Å². The molecule has 5 heteroatoms. The van der Waals surface area contributed by atoms with Crippen molar-refractivity contribution in [3.8, 4) is 5.75 Å². The first-order chi connectivity index (χ1) is 10.0. The molecule has 2 aromatic carbocycles. The number of aliphatic carboxylic acids is 1. The number of carboxylic acid groups (broad SMARTS) is 1. The summed E-state index contributed by atoms with van der Waals surface area (Å²) in [6.45, 7) is 0. The van der Waals surface area contributed by atoms with Gasteiger partial charge in [-0.25, -0.2) is 4.39 Å². The molecule has 1 N–H and O–H groups in total. The largest absolute Gasteiger partial charge is 0.494 e. The Morgan fingerprint density at radius 3 is 2.62 bits per heavy atom. The van der Waals surface area contributed by atoms with E-state index in [1.54, 1.807) is 36.4 Å². The number of carbonyl (C=O) groups is 1. The molecular formula is C16H14ClFO3. The second-order valence-corrected chi connectivity index (χ2v) is 4.96. The molecule has 0 heterocycles. The van der Waals surface area contributed by atoms with Gasteiger partial charge in [-0.2, -0.15) is 0 Å². The first-order valence-corrected chi connectivity index (χ1v) is 6.71. The quantitative estimate of drug-likeness (QED) is 0.911. The van der Waals surface area contributed by atoms with Crippen molar-refractivity contribution in [3.63, 3.8) is 0 Å². The third kappa shape index (κ3) is 3.34. The fraction of sp³-hybridized carbons (Fsp3) is 0.188. The van der Waals surface area contributed by atoms with Crippen molar-refractivity contribution in [1.82, 2.24) is 0 Å². The van der Waals surface area contributed by atoms with Crippen molar-refractivity contribution >= 4 is 17.6 Å². The van der Waals surface area contributed by atoms with Crippen molar-refractivity contribution < 1.29 is 19.0 Å². The normalized spacial score (nSPS) is 12.0. The van der Waals surface area contributed by atoms with Gasteiger partial charge in [-0.3, -0.25) is 4.79 Å². The van der Waals surface area contributed by atoms with Crippen LogP contribution in [0.2, 0.25) is 5.02 Å². The summed E-state index contributed by atoms with van der Waals surface area (Å²) in [5.74, 6) is -2.42. The van der Waals surface area contributed by atoms with E-state index in [4.69, 9.17) is 16.3 Å². The minimum Gasteiger partial charge on any atom is -0.494 e. The van der Waals surface area contributed by atoms with Gasteiger partial charge in [0, 0.05) is 5.02 Å². The summed E-state index contributed by atoms with van der Waals surface area (Å²) in [7, 11) is 1.37. The van der Waals surface area contributed by atoms with E-state index in [9.17, 15) is 14.3 Å². The zero-order valence-corrected chi connectivity index (χ0v) is 12.1. The molecule has 110 valence electrons. The van der Waals surface area contributed by atoms with E-state index < -0.39 is 17.7 Å². The number of ether oxygens (including phenoxy) is 1. The highest BCUT2D eigenvalue weighted by molar-refractivity contribution is 6.31. The topological polar surface area (TPSA) is 46.5 Å². The fourth-order valence-corrected chi connectivity index (χ4v) is 2.45. The molecule has 2 aromatic rings. The zero-order valence-electron chi connectivity index (χ0n) is 11.3. The molecule has 0 aliphatic carbocycles. The molecule has 0 amide bonds. The van der Waals surface area contributed by atoms with Crippen LogP contribution in [-0.2, 0) is 11.2 Å². The van der Waals surface area contributed by atoms with Crippen LogP contribution in [0.1, 0.15) is 17.0 Å². The van der Waals surface area contributed by atoms with Gasteiger partial charge >= 0.3 is 5.97 Å². The summed E-state index contributed by atoms with van der Waals surface area (Å²) in [6, 6.07) is 11.3. The molecule has 0 spiro atoms. The Hall–Kier alpha value is -2.07. The summed E-state index contributed by atoms with van der Waals surface area (Å²) in [5, 5.41) is 9.77. The molecule has 0 fully saturated rings. The Morgan fingerprint density at radius 2 is 2.00 bits per heavy atom. The maximum absolute atomic E-state index is 14.2. The Kier molecular flexibility index (Phi) is 4.81. The smallest absolute Gasteiger partial charge is 0.311 e. The van der Waals surface area contributed by atoms with Crippen LogP contribution in [0.4, 0.5) is 4.39 Å². The number of halogens is 2. The summed E-state index contributed by atoms with van der Waals surface area (Å²) < 4.78 is 19.1. The van der Waals surface area contributed by atoms with Crippen LogP contribution < -0.4 is 4.74 Å². The molecule has 0 saturated heterocycles. The molecule has 0 saturated carbocycles. The number of rotatable bonds is 5. The first kappa shape index (κ1) is 15.3. The first-order valence-electron chi connectivity index (χ1n) is 6.33. The van der Waals surface area contributed by atoms with Crippen molar-refractivity contribution in [2.75, 3.05) is 7.11 Å². The van der Waals surface area contributed by atoms with Gasteiger partial charge in [-0.1, -0.05) is 41.9 Å². The molecule has 0 radical (unpaired) electrons. The third-order valence-electron chi connectivity index (χ3n) is 3.27. The Balaban J connectivity index is 2.38. The molecule has 2 rings (SSSR count). The highest BCUT2D eigenvalue weighted by atomic mass is 35.5. The predicted molar refractivity (Wildman–Crippen MR) is 78.5 cm³/mol. The number of carboxylic acids is 1. The molecule has 0 aliphatic heterocycles. The van der Waals surface area contributed by atoms with E-state index in [1.807, 2.05) is 0 Å². The average molecular weight is 309 g/mol. The average Bonchev–Trinajstić information content (AvgIpc) is 2.47. The number of methoxy groups -OCH3 is 1. The number of hydrogen-bond acceptors (Lipinski definition) is 2. The maximum Gasteiger partial charge on any atom is 0.311 e. The molecule has 3 nitrogen and oxygen atoms in total. The fourth-order valence-electron chi connectivity index (χ4n) is 2.18. The van der Waals surface area contributed by atoms with Gasteiger partial charge in [0.25, 0.3) is 0 Å². The van der Waals surface area contributed by atoms with Crippen LogP contribution in [0.25, 0.3) is 0 Å². The zero-order chi connectivity index (χ0) is 15.4. The van der Waals surface area contributed by atoms with Gasteiger partial charge in [-0.15, -0.1) is 0 Å². The van der Waals surface area contributed by atoms with E-state index in [2.05, 4.69) is 0 Å². The molecule has 1 atom stereocenters. The lowest BCUT2D eigenvalue weighted by atomic mass is 9.91. The molecule has 21 heavy (non-hydrogen) atoms. The van der Waals surface area contributed by atoms with E-state index in [0.29, 0.717) is 10.6 Å². The van der Waals surface area contributed by atoms with E-state index in [1.165, 1.54) is 13.2 Å². The van der Waals surface area contributed by atoms with E-state index in [-0.39, 0.29) is 17.7 Å². The highest BCUT2D eigenvalue weighted by Crippen LogP contribution is 2.30. The lowest BCUT2D eigenvalue weighted by Gasteiger charge is -2.15. The maximum atomic E-state index is 14.2. The minimum absolute atomic E-state index is 0.00208. The van der Waals surface area contributed by atoms with Gasteiger partial charge in [0.05, 0.1) is 13.0 Å². The SMILES string of the molecule is COc1cccc(CC(C(=O)O)c2ccccc2Cl)c1F. The third-order valence-corrected chi connectivity index (χ3v) is 3.61. The van der Waals surface area contributed by atoms with E-state index >= 15 is 0 Å². The molecule has 0 bridgehead atoms. The van der Waals surface area contributed by atoms with Crippen LogP contribution in [-0.4, -0.2) is 18.2 Å². The summed E-state index contributed by atoms with van der Waals surface area (Å²) in [6.07, 6.45) is 0.00208. The Bertz CT molecular complexity index is 658. The van der Waals surface area contributed by atoms with Crippen LogP contribution in [0, 0.1) is 5.82 Å². The summed E-state index contributed by atoms with van der Waals surface area (Å²) in [5.41, 5.74) is 0.746. The second-order valence-electron chi connectivity index (χ2n) is 4.55. The summed E-state index contributed by atoms with van der Waals surface area (Å²) in [4.78, 5) is 11.5. The lowest BCUT2D eigenvalue weighted by Crippen LogP contribution is -2.15. The van der Waals surface area contributed by atoms with Gasteiger partial charge in [0.2, 0.25) is 0 Å². The van der Waals surface area contributed by atoms with Crippen molar-refractivity contribution in [2.24, 2.45) is 0 Å². The highest BCUT2D eigenvalue weighted by Gasteiger charge is 2.24. The standard InChI is InChI=1S/C16H14ClFO3/c1-21-14-8-4-5-10(15(14)18)9-12(16(19)20)11-6-2-3-7-13(11)17/h2-8,12H,9H2,1H3,(H,19,20). The minimum atomic E-state index is -1.05. The second kappa shape index (κ2) is 6.59. The number of hydrogen-bond donors (Lipinski definition) is 1. The van der Waals surface area contributed by atoms with Crippen LogP contribution in [0.3, 0.4) is 0 Å². The summed E-state index contributed by atoms with van der Waals surface area (Å²) >= 11 is 6.05. The van der Waals surface area contributed by atoms with Gasteiger partial charge in [0.15, 0.2) is 11.6 Å². The molecule has 0 aromatic heterocycles. The van der Waals surface area contributed by atoms with Gasteiger partial charge in [-0.05, 0) is 29.7 Å². The van der Waals surface area contributed by atoms with Crippen LogP contribution >= 0.6 is 11.6 Å². The van der Waals surface area contributed by atoms with E-state index in [0.717, 1.165) is 0 Å². The Labute approximate surface area is 126 Å². The van der Waals surface area contributed by atoms with Crippen LogP contribution in [0.15, 0.2) is 42.5 Å². The Morgan fingerprint density at radius 1 is 1.29 bits per heavy atom. The monoisotopic (exact) mass is 308 g/mol. The lowest BCUT2D eigenvalue weighted by molar-refractivity contribution is -0.138. The van der Waals surface area contributed by atoms with Crippen molar-refractivity contribution in [2.45, 2.75) is 12.3 Å². The number of benzene rings is 2.